The van der Waals surface area contributed by atoms with Gasteiger partial charge in [-0.15, -0.1) is 0 Å². The Hall–Kier alpha value is -4.05. The van der Waals surface area contributed by atoms with Crippen LogP contribution in [0.4, 0.5) is 5.69 Å². The molecular formula is C37H39Cl2N3O5S. The minimum Gasteiger partial charge on any atom is -0.457 e. The van der Waals surface area contributed by atoms with Gasteiger partial charge in [-0.25, -0.2) is 8.42 Å². The van der Waals surface area contributed by atoms with Crippen molar-refractivity contribution in [2.24, 2.45) is 0 Å². The largest absolute Gasteiger partial charge is 0.457 e. The number of sulfonamides is 1. The summed E-state index contributed by atoms with van der Waals surface area (Å²) in [4.78, 5) is 29.6. The predicted molar refractivity (Wildman–Crippen MR) is 190 cm³/mol. The molecule has 0 radical (unpaired) electrons. The number of benzene rings is 4. The molecule has 11 heteroatoms. The molecule has 0 heterocycles. The predicted octanol–water partition coefficient (Wildman–Crippen LogP) is 8.16. The summed E-state index contributed by atoms with van der Waals surface area (Å²) in [6.45, 7) is 3.02. The van der Waals surface area contributed by atoms with Crippen LogP contribution in [0.1, 0.15) is 50.2 Å². The second-order valence-electron chi connectivity index (χ2n) is 11.9. The lowest BCUT2D eigenvalue weighted by atomic mass is 10.1. The van der Waals surface area contributed by atoms with Gasteiger partial charge in [-0.3, -0.25) is 13.9 Å². The quantitative estimate of drug-likeness (QED) is 0.151. The molecule has 48 heavy (non-hydrogen) atoms. The van der Waals surface area contributed by atoms with Gasteiger partial charge >= 0.3 is 0 Å². The fourth-order valence-corrected chi connectivity index (χ4v) is 7.74. The number of hydrogen-bond donors (Lipinski definition) is 1. The van der Waals surface area contributed by atoms with E-state index >= 15 is 0 Å². The number of nitrogens with one attached hydrogen (secondary N) is 1. The number of amides is 2. The SMILES string of the molecule is CC[C@H](C(=O)NC1CCCC1)N(Cc1c(Cl)cccc1Cl)C(=O)CN(c1ccc(Oc2ccccc2)cc1)S(=O)(=O)c1ccc(C)cc1. The molecule has 0 saturated heterocycles. The van der Waals surface area contributed by atoms with Crippen LogP contribution in [0.15, 0.2) is 102 Å². The molecule has 8 nitrogen and oxygen atoms in total. The fourth-order valence-electron chi connectivity index (χ4n) is 5.81. The van der Waals surface area contributed by atoms with Gasteiger partial charge in [0.25, 0.3) is 10.0 Å². The van der Waals surface area contributed by atoms with E-state index in [9.17, 15) is 18.0 Å². The monoisotopic (exact) mass is 707 g/mol. The Morgan fingerprint density at radius 2 is 1.46 bits per heavy atom. The topological polar surface area (TPSA) is 96.0 Å². The number of rotatable bonds is 13. The van der Waals surface area contributed by atoms with Crippen molar-refractivity contribution in [3.05, 3.63) is 118 Å². The molecule has 1 aliphatic rings. The molecule has 1 N–H and O–H groups in total. The number of carbonyl (C=O) groups is 2. The molecule has 1 saturated carbocycles. The van der Waals surface area contributed by atoms with E-state index in [-0.39, 0.29) is 29.1 Å². The van der Waals surface area contributed by atoms with E-state index in [1.54, 1.807) is 54.6 Å². The van der Waals surface area contributed by atoms with Crippen LogP contribution in [-0.4, -0.2) is 43.8 Å². The lowest BCUT2D eigenvalue weighted by Crippen LogP contribution is -2.53. The molecule has 0 bridgehead atoms. The number of halogens is 2. The molecule has 0 unspecified atom stereocenters. The Morgan fingerprint density at radius 1 is 0.854 bits per heavy atom. The van der Waals surface area contributed by atoms with Crippen LogP contribution in [-0.2, 0) is 26.2 Å². The van der Waals surface area contributed by atoms with Gasteiger partial charge in [0.05, 0.1) is 10.6 Å². The average Bonchev–Trinajstić information content (AvgIpc) is 3.59. The number of ether oxygens (including phenoxy) is 1. The van der Waals surface area contributed by atoms with Crippen molar-refractivity contribution in [3.63, 3.8) is 0 Å². The summed E-state index contributed by atoms with van der Waals surface area (Å²) in [5.41, 5.74) is 1.61. The van der Waals surface area contributed by atoms with Gasteiger partial charge in [0, 0.05) is 28.2 Å². The maximum absolute atomic E-state index is 14.5. The summed E-state index contributed by atoms with van der Waals surface area (Å²) in [7, 11) is -4.24. The zero-order valence-corrected chi connectivity index (χ0v) is 29.3. The highest BCUT2D eigenvalue weighted by Crippen LogP contribution is 2.31. The average molecular weight is 709 g/mol. The number of para-hydroxylation sites is 1. The van der Waals surface area contributed by atoms with E-state index in [2.05, 4.69) is 5.32 Å². The molecule has 0 aromatic heterocycles. The van der Waals surface area contributed by atoms with E-state index in [0.29, 0.717) is 33.5 Å². The molecule has 252 valence electrons. The molecular weight excluding hydrogens is 669 g/mol. The van der Waals surface area contributed by atoms with Gasteiger partial charge in [0.15, 0.2) is 0 Å². The molecule has 1 fully saturated rings. The summed E-state index contributed by atoms with van der Waals surface area (Å²) in [5, 5.41) is 3.78. The van der Waals surface area contributed by atoms with Gasteiger partial charge in [-0.1, -0.05) is 84.9 Å². The third kappa shape index (κ3) is 8.50. The van der Waals surface area contributed by atoms with Gasteiger partial charge in [0.1, 0.15) is 24.1 Å². The number of nitrogens with zero attached hydrogens (tertiary/aromatic N) is 2. The first-order valence-electron chi connectivity index (χ1n) is 16.0. The van der Waals surface area contributed by atoms with Crippen LogP contribution in [0.2, 0.25) is 10.0 Å². The van der Waals surface area contributed by atoms with Crippen molar-refractivity contribution in [2.75, 3.05) is 10.8 Å². The molecule has 0 spiro atoms. The highest BCUT2D eigenvalue weighted by atomic mass is 35.5. The zero-order chi connectivity index (χ0) is 34.3. The van der Waals surface area contributed by atoms with Crippen LogP contribution >= 0.6 is 23.2 Å². The molecule has 1 atom stereocenters. The molecule has 5 rings (SSSR count). The second kappa shape index (κ2) is 15.9. The first-order valence-corrected chi connectivity index (χ1v) is 18.2. The van der Waals surface area contributed by atoms with E-state index in [1.807, 2.05) is 44.2 Å². The summed E-state index contributed by atoms with van der Waals surface area (Å²) in [6, 6.07) is 26.3. The van der Waals surface area contributed by atoms with Gasteiger partial charge in [-0.05, 0) is 86.8 Å². The van der Waals surface area contributed by atoms with Crippen molar-refractivity contribution in [1.29, 1.82) is 0 Å². The third-order valence-corrected chi connectivity index (χ3v) is 11.0. The maximum Gasteiger partial charge on any atom is 0.264 e. The molecule has 1 aliphatic carbocycles. The van der Waals surface area contributed by atoms with Crippen LogP contribution < -0.4 is 14.4 Å². The zero-order valence-electron chi connectivity index (χ0n) is 26.9. The standard InChI is InChI=1S/C37H39Cl2N3O5S/c1-3-35(37(44)40-27-10-7-8-11-27)41(24-32-33(38)14-9-15-34(32)39)36(43)25-42(48(45,46)31-22-16-26(2)17-23-31)28-18-20-30(21-19-28)47-29-12-5-4-6-13-29/h4-6,9,12-23,27,35H,3,7-8,10-11,24-25H2,1-2H3,(H,40,44)/t35-/m1/s1. The molecule has 2 amide bonds. The van der Waals surface area contributed by atoms with E-state index < -0.39 is 28.5 Å². The Labute approximate surface area is 292 Å². The van der Waals surface area contributed by atoms with Gasteiger partial charge in [-0.2, -0.15) is 0 Å². The number of aryl methyl sites for hydroxylation is 1. The highest BCUT2D eigenvalue weighted by Gasteiger charge is 2.35. The van der Waals surface area contributed by atoms with E-state index in [0.717, 1.165) is 35.6 Å². The van der Waals surface area contributed by atoms with Crippen molar-refractivity contribution >= 4 is 50.7 Å². The maximum atomic E-state index is 14.5. The van der Waals surface area contributed by atoms with Crippen molar-refractivity contribution in [1.82, 2.24) is 10.2 Å². The van der Waals surface area contributed by atoms with Crippen LogP contribution in [0.5, 0.6) is 11.5 Å². The minimum atomic E-state index is -4.24. The first-order chi connectivity index (χ1) is 23.1. The summed E-state index contributed by atoms with van der Waals surface area (Å²) >= 11 is 13.1. The molecule has 4 aromatic rings. The first kappa shape index (κ1) is 35.3. The summed E-state index contributed by atoms with van der Waals surface area (Å²) in [5.74, 6) is 0.240. The van der Waals surface area contributed by atoms with Crippen molar-refractivity contribution in [2.45, 2.75) is 69.5 Å². The number of carbonyl (C=O) groups excluding carboxylic acids is 2. The third-order valence-electron chi connectivity index (χ3n) is 8.47. The van der Waals surface area contributed by atoms with E-state index in [4.69, 9.17) is 27.9 Å². The van der Waals surface area contributed by atoms with Gasteiger partial charge < -0.3 is 15.0 Å². The molecule has 4 aromatic carbocycles. The Bertz CT molecular complexity index is 1790. The smallest absolute Gasteiger partial charge is 0.264 e. The van der Waals surface area contributed by atoms with Crippen LogP contribution in [0.3, 0.4) is 0 Å². The minimum absolute atomic E-state index is 0.0252. The Balaban J connectivity index is 1.51. The van der Waals surface area contributed by atoms with Crippen LogP contribution in [0, 0.1) is 6.92 Å². The van der Waals surface area contributed by atoms with Crippen LogP contribution in [0.25, 0.3) is 0 Å². The lowest BCUT2D eigenvalue weighted by molar-refractivity contribution is -0.140. The number of hydrogen-bond acceptors (Lipinski definition) is 5. The summed E-state index contributed by atoms with van der Waals surface area (Å²) in [6.07, 6.45) is 4.10. The normalized spacial score (nSPS) is 13.9. The number of anilines is 1. The van der Waals surface area contributed by atoms with E-state index in [1.165, 1.54) is 17.0 Å². The Kier molecular flexibility index (Phi) is 11.7. The van der Waals surface area contributed by atoms with Crippen molar-refractivity contribution < 1.29 is 22.7 Å². The fraction of sp³-hybridized carbons (Fsp3) is 0.297. The highest BCUT2D eigenvalue weighted by molar-refractivity contribution is 7.92. The second-order valence-corrected chi connectivity index (χ2v) is 14.5. The Morgan fingerprint density at radius 3 is 2.06 bits per heavy atom. The molecule has 0 aliphatic heterocycles. The summed E-state index contributed by atoms with van der Waals surface area (Å²) < 4.78 is 35.5. The van der Waals surface area contributed by atoms with Gasteiger partial charge in [0.2, 0.25) is 11.8 Å². The van der Waals surface area contributed by atoms with Crippen molar-refractivity contribution in [3.8, 4) is 11.5 Å². The lowest BCUT2D eigenvalue weighted by Gasteiger charge is -2.34.